The molecule has 0 aromatic carbocycles. The standard InChI is InChI=1S/C10H16O4/c11-8(12)6-9(13)4-5-14-10(7-9)2-1-3-10/h13H,1-7H2,(H,11,12). The Morgan fingerprint density at radius 2 is 2.07 bits per heavy atom. The molecule has 2 N–H and O–H groups in total. The van der Waals surface area contributed by atoms with Gasteiger partial charge in [0, 0.05) is 12.8 Å². The van der Waals surface area contributed by atoms with E-state index in [1.807, 2.05) is 0 Å². The minimum Gasteiger partial charge on any atom is -0.481 e. The third kappa shape index (κ3) is 1.77. The predicted molar refractivity (Wildman–Crippen MR) is 49.0 cm³/mol. The fourth-order valence-electron chi connectivity index (χ4n) is 2.52. The van der Waals surface area contributed by atoms with Crippen LogP contribution in [0.15, 0.2) is 0 Å². The Hall–Kier alpha value is -0.610. The zero-order valence-corrected chi connectivity index (χ0v) is 8.16. The molecule has 1 atom stereocenters. The molecule has 14 heavy (non-hydrogen) atoms. The van der Waals surface area contributed by atoms with Crippen molar-refractivity contribution >= 4 is 5.97 Å². The van der Waals surface area contributed by atoms with Crippen LogP contribution in [0.3, 0.4) is 0 Å². The number of aliphatic carboxylic acids is 1. The molecule has 1 saturated heterocycles. The Balaban J connectivity index is 2.01. The van der Waals surface area contributed by atoms with Crippen LogP contribution in [-0.4, -0.2) is 34.0 Å². The van der Waals surface area contributed by atoms with E-state index in [0.29, 0.717) is 19.4 Å². The van der Waals surface area contributed by atoms with Crippen LogP contribution in [-0.2, 0) is 9.53 Å². The van der Waals surface area contributed by atoms with Crippen molar-refractivity contribution in [3.05, 3.63) is 0 Å². The SMILES string of the molecule is O=C(O)CC1(O)CCOC2(CCC2)C1. The minimum absolute atomic E-state index is 0.155. The van der Waals surface area contributed by atoms with Gasteiger partial charge in [-0.1, -0.05) is 0 Å². The molecule has 0 aromatic heterocycles. The highest BCUT2D eigenvalue weighted by Gasteiger charge is 2.49. The van der Waals surface area contributed by atoms with Gasteiger partial charge in [0.15, 0.2) is 0 Å². The van der Waals surface area contributed by atoms with E-state index in [-0.39, 0.29) is 12.0 Å². The first-order valence-electron chi connectivity index (χ1n) is 5.12. The second-order valence-electron chi connectivity index (χ2n) is 4.61. The van der Waals surface area contributed by atoms with Gasteiger partial charge in [-0.2, -0.15) is 0 Å². The average Bonchev–Trinajstić information content (AvgIpc) is 1.99. The number of hydrogen-bond acceptors (Lipinski definition) is 3. The summed E-state index contributed by atoms with van der Waals surface area (Å²) in [6.07, 6.45) is 3.85. The number of carboxylic acids is 1. The van der Waals surface area contributed by atoms with Gasteiger partial charge in [-0.25, -0.2) is 0 Å². The molecule has 1 spiro atoms. The first kappa shape index (κ1) is 9.93. The lowest BCUT2D eigenvalue weighted by Gasteiger charge is -2.50. The molecule has 0 radical (unpaired) electrons. The van der Waals surface area contributed by atoms with Crippen molar-refractivity contribution in [2.45, 2.75) is 49.7 Å². The highest BCUT2D eigenvalue weighted by atomic mass is 16.5. The van der Waals surface area contributed by atoms with Crippen LogP contribution in [0.5, 0.6) is 0 Å². The van der Waals surface area contributed by atoms with Crippen molar-refractivity contribution in [1.29, 1.82) is 0 Å². The summed E-state index contributed by atoms with van der Waals surface area (Å²) in [7, 11) is 0. The first-order valence-corrected chi connectivity index (χ1v) is 5.12. The summed E-state index contributed by atoms with van der Waals surface area (Å²) < 4.78 is 5.63. The number of hydrogen-bond donors (Lipinski definition) is 2. The molecule has 0 bridgehead atoms. The molecule has 0 aromatic rings. The largest absolute Gasteiger partial charge is 0.481 e. The van der Waals surface area contributed by atoms with E-state index in [4.69, 9.17) is 9.84 Å². The van der Waals surface area contributed by atoms with E-state index in [2.05, 4.69) is 0 Å². The maximum atomic E-state index is 10.6. The average molecular weight is 200 g/mol. The van der Waals surface area contributed by atoms with Crippen LogP contribution in [0.1, 0.15) is 38.5 Å². The highest BCUT2D eigenvalue weighted by molar-refractivity contribution is 5.68. The Labute approximate surface area is 82.9 Å². The first-order chi connectivity index (χ1) is 6.54. The fraction of sp³-hybridized carbons (Fsp3) is 0.900. The van der Waals surface area contributed by atoms with Crippen molar-refractivity contribution in [2.75, 3.05) is 6.61 Å². The third-order valence-corrected chi connectivity index (χ3v) is 3.37. The molecule has 1 aliphatic carbocycles. The van der Waals surface area contributed by atoms with E-state index in [1.54, 1.807) is 0 Å². The molecule has 80 valence electrons. The van der Waals surface area contributed by atoms with Gasteiger partial charge in [-0.3, -0.25) is 4.79 Å². The van der Waals surface area contributed by atoms with E-state index >= 15 is 0 Å². The molecule has 1 unspecified atom stereocenters. The smallest absolute Gasteiger partial charge is 0.306 e. The van der Waals surface area contributed by atoms with Gasteiger partial charge < -0.3 is 14.9 Å². The minimum atomic E-state index is -1.04. The second-order valence-corrected chi connectivity index (χ2v) is 4.61. The lowest BCUT2D eigenvalue weighted by molar-refractivity contribution is -0.197. The van der Waals surface area contributed by atoms with Gasteiger partial charge in [0.25, 0.3) is 0 Å². The number of rotatable bonds is 2. The summed E-state index contributed by atoms with van der Waals surface area (Å²) >= 11 is 0. The molecule has 4 heteroatoms. The van der Waals surface area contributed by atoms with Crippen LogP contribution in [0.2, 0.25) is 0 Å². The van der Waals surface area contributed by atoms with Gasteiger partial charge in [-0.15, -0.1) is 0 Å². The van der Waals surface area contributed by atoms with Crippen LogP contribution >= 0.6 is 0 Å². The second kappa shape index (κ2) is 3.21. The van der Waals surface area contributed by atoms with Crippen LogP contribution < -0.4 is 0 Å². The van der Waals surface area contributed by atoms with Gasteiger partial charge in [0.05, 0.1) is 24.2 Å². The summed E-state index contributed by atoms with van der Waals surface area (Å²) in [5.74, 6) is -0.927. The molecule has 2 fully saturated rings. The topological polar surface area (TPSA) is 66.8 Å². The van der Waals surface area contributed by atoms with Gasteiger partial charge >= 0.3 is 5.97 Å². The molecular formula is C10H16O4. The lowest BCUT2D eigenvalue weighted by atomic mass is 9.69. The van der Waals surface area contributed by atoms with E-state index in [1.165, 1.54) is 0 Å². The Morgan fingerprint density at radius 3 is 2.57 bits per heavy atom. The molecule has 1 heterocycles. The molecule has 1 saturated carbocycles. The van der Waals surface area contributed by atoms with E-state index in [9.17, 15) is 9.90 Å². The number of carboxylic acid groups (broad SMARTS) is 1. The van der Waals surface area contributed by atoms with Crippen molar-refractivity contribution in [1.82, 2.24) is 0 Å². The summed E-state index contributed by atoms with van der Waals surface area (Å²) in [6, 6.07) is 0. The number of aliphatic hydroxyl groups is 1. The van der Waals surface area contributed by atoms with Crippen molar-refractivity contribution in [3.8, 4) is 0 Å². The zero-order valence-electron chi connectivity index (χ0n) is 8.16. The molecule has 2 rings (SSSR count). The van der Waals surface area contributed by atoms with Gasteiger partial charge in [0.2, 0.25) is 0 Å². The fourth-order valence-corrected chi connectivity index (χ4v) is 2.52. The summed E-state index contributed by atoms with van der Waals surface area (Å²) in [5.41, 5.74) is -1.23. The molecule has 4 nitrogen and oxygen atoms in total. The number of ether oxygens (including phenoxy) is 1. The Morgan fingerprint density at radius 1 is 1.36 bits per heavy atom. The monoisotopic (exact) mass is 200 g/mol. The Bertz CT molecular complexity index is 247. The lowest BCUT2D eigenvalue weighted by Crippen LogP contribution is -2.53. The summed E-state index contributed by atoms with van der Waals surface area (Å²) in [6.45, 7) is 0.490. The summed E-state index contributed by atoms with van der Waals surface area (Å²) in [4.78, 5) is 10.6. The normalized spacial score (nSPS) is 35.2. The van der Waals surface area contributed by atoms with Crippen molar-refractivity contribution in [2.24, 2.45) is 0 Å². The van der Waals surface area contributed by atoms with Crippen LogP contribution in [0.4, 0.5) is 0 Å². The molecule has 1 aliphatic heterocycles. The third-order valence-electron chi connectivity index (χ3n) is 3.37. The highest BCUT2D eigenvalue weighted by Crippen LogP contribution is 2.46. The van der Waals surface area contributed by atoms with Gasteiger partial charge in [-0.05, 0) is 19.3 Å². The van der Waals surface area contributed by atoms with Crippen molar-refractivity contribution < 1.29 is 19.7 Å². The molecule has 2 aliphatic rings. The molecular weight excluding hydrogens is 184 g/mol. The Kier molecular flexibility index (Phi) is 2.27. The maximum absolute atomic E-state index is 10.6. The van der Waals surface area contributed by atoms with Gasteiger partial charge in [0.1, 0.15) is 0 Å². The van der Waals surface area contributed by atoms with Crippen LogP contribution in [0, 0.1) is 0 Å². The molecule has 0 amide bonds. The van der Waals surface area contributed by atoms with Crippen LogP contribution in [0.25, 0.3) is 0 Å². The van der Waals surface area contributed by atoms with E-state index in [0.717, 1.165) is 19.3 Å². The van der Waals surface area contributed by atoms with E-state index < -0.39 is 11.6 Å². The quantitative estimate of drug-likeness (QED) is 0.695. The predicted octanol–water partition coefficient (Wildman–Crippen LogP) is 0.925. The number of carbonyl (C=O) groups is 1. The summed E-state index contributed by atoms with van der Waals surface area (Å²) in [5, 5.41) is 18.8. The van der Waals surface area contributed by atoms with Crippen molar-refractivity contribution in [3.63, 3.8) is 0 Å². The maximum Gasteiger partial charge on any atom is 0.306 e. The zero-order chi connectivity index (χ0) is 10.2.